The van der Waals surface area contributed by atoms with Gasteiger partial charge in [-0.05, 0) is 31.2 Å². The highest BCUT2D eigenvalue weighted by Crippen LogP contribution is 2.50. The molecule has 4 heterocycles. The van der Waals surface area contributed by atoms with E-state index in [0.717, 1.165) is 40.5 Å². The molecule has 0 aromatic heterocycles. The molecular formula is C24H25N3O5. The van der Waals surface area contributed by atoms with Crippen LogP contribution in [0.5, 0.6) is 17.2 Å². The third-order valence-electron chi connectivity index (χ3n) is 6.68. The van der Waals surface area contributed by atoms with Crippen molar-refractivity contribution >= 4 is 11.8 Å². The van der Waals surface area contributed by atoms with Crippen molar-refractivity contribution in [3.63, 3.8) is 0 Å². The Balaban J connectivity index is 1.34. The number of fused-ring (bicyclic) bond motifs is 5. The molecule has 1 saturated heterocycles. The highest BCUT2D eigenvalue weighted by Gasteiger charge is 2.52. The highest BCUT2D eigenvalue weighted by atomic mass is 16.7. The molecule has 0 unspecified atom stereocenters. The fourth-order valence-electron chi connectivity index (χ4n) is 5.06. The van der Waals surface area contributed by atoms with E-state index in [0.29, 0.717) is 32.5 Å². The van der Waals surface area contributed by atoms with E-state index in [2.05, 4.69) is 11.1 Å². The summed E-state index contributed by atoms with van der Waals surface area (Å²) in [5.41, 5.74) is 2.59. The standard InChI is InChI=1S/C24H25N3O5/c1-2-29-23(28)26-11-9-24(10-12-26)27-19(17-5-3-4-6-20(17)32-24)14-18(25-27)16-7-8-21-22(13-16)31-15-30-21/h3-8,13,19H,2,9-12,14-15H2,1H3/t19-/m0/s1. The van der Waals surface area contributed by atoms with E-state index in [4.69, 9.17) is 24.0 Å². The van der Waals surface area contributed by atoms with E-state index < -0.39 is 5.72 Å². The normalized spacial score (nSPS) is 22.2. The summed E-state index contributed by atoms with van der Waals surface area (Å²) in [6.45, 7) is 3.59. The Kier molecular flexibility index (Phi) is 4.41. The summed E-state index contributed by atoms with van der Waals surface area (Å²) in [7, 11) is 0. The van der Waals surface area contributed by atoms with Crippen LogP contribution >= 0.6 is 0 Å². The molecule has 6 rings (SSSR count). The van der Waals surface area contributed by atoms with E-state index in [1.807, 2.05) is 43.3 Å². The number of carbonyl (C=O) groups is 1. The fourth-order valence-corrected chi connectivity index (χ4v) is 5.06. The lowest BCUT2D eigenvalue weighted by Gasteiger charge is -2.50. The minimum atomic E-state index is -0.583. The first-order valence-electron chi connectivity index (χ1n) is 11.1. The van der Waals surface area contributed by atoms with Crippen molar-refractivity contribution in [3.05, 3.63) is 53.6 Å². The molecule has 8 heteroatoms. The molecule has 1 atom stereocenters. The predicted molar refractivity (Wildman–Crippen MR) is 116 cm³/mol. The first kappa shape index (κ1) is 19.3. The third kappa shape index (κ3) is 2.97. The van der Waals surface area contributed by atoms with Gasteiger partial charge in [-0.1, -0.05) is 18.2 Å². The molecule has 0 aliphatic carbocycles. The second kappa shape index (κ2) is 7.32. The molecule has 0 N–H and O–H groups in total. The molecule has 1 amide bonds. The number of hydrogen-bond acceptors (Lipinski definition) is 7. The molecule has 0 bridgehead atoms. The number of ether oxygens (including phenoxy) is 4. The molecular weight excluding hydrogens is 410 g/mol. The summed E-state index contributed by atoms with van der Waals surface area (Å²) >= 11 is 0. The van der Waals surface area contributed by atoms with Crippen LogP contribution in [0.3, 0.4) is 0 Å². The van der Waals surface area contributed by atoms with Crippen LogP contribution in [-0.2, 0) is 4.74 Å². The number of likely N-dealkylation sites (tertiary alicyclic amines) is 1. The second-order valence-corrected chi connectivity index (χ2v) is 8.45. The van der Waals surface area contributed by atoms with Gasteiger partial charge in [0.05, 0.1) is 18.4 Å². The van der Waals surface area contributed by atoms with Crippen molar-refractivity contribution in [2.24, 2.45) is 5.10 Å². The van der Waals surface area contributed by atoms with Crippen LogP contribution in [0, 0.1) is 0 Å². The molecule has 1 fully saturated rings. The third-order valence-corrected chi connectivity index (χ3v) is 6.68. The number of piperidine rings is 1. The summed E-state index contributed by atoms with van der Waals surface area (Å²) < 4.78 is 22.8. The second-order valence-electron chi connectivity index (χ2n) is 8.45. The molecule has 166 valence electrons. The summed E-state index contributed by atoms with van der Waals surface area (Å²) in [6, 6.07) is 14.3. The quantitative estimate of drug-likeness (QED) is 0.712. The lowest BCUT2D eigenvalue weighted by Crippen LogP contribution is -2.59. The van der Waals surface area contributed by atoms with Crippen molar-refractivity contribution in [2.75, 3.05) is 26.5 Å². The van der Waals surface area contributed by atoms with E-state index in [9.17, 15) is 4.79 Å². The highest BCUT2D eigenvalue weighted by molar-refractivity contribution is 6.02. The molecule has 8 nitrogen and oxygen atoms in total. The van der Waals surface area contributed by atoms with Crippen LogP contribution < -0.4 is 14.2 Å². The maximum absolute atomic E-state index is 12.2. The van der Waals surface area contributed by atoms with E-state index in [1.165, 1.54) is 0 Å². The molecule has 4 aliphatic heterocycles. The zero-order valence-electron chi connectivity index (χ0n) is 18.0. The van der Waals surface area contributed by atoms with Crippen LogP contribution in [0.1, 0.15) is 43.4 Å². The topological polar surface area (TPSA) is 72.8 Å². The maximum atomic E-state index is 12.2. The van der Waals surface area contributed by atoms with Crippen molar-refractivity contribution in [2.45, 2.75) is 38.0 Å². The molecule has 2 aromatic rings. The van der Waals surface area contributed by atoms with Gasteiger partial charge in [0, 0.05) is 43.5 Å². The summed E-state index contributed by atoms with van der Waals surface area (Å²) in [4.78, 5) is 14.0. The van der Waals surface area contributed by atoms with E-state index >= 15 is 0 Å². The first-order valence-corrected chi connectivity index (χ1v) is 11.1. The Bertz CT molecular complexity index is 1090. The molecule has 4 aliphatic rings. The van der Waals surface area contributed by atoms with Gasteiger partial charge in [-0.3, -0.25) is 0 Å². The predicted octanol–water partition coefficient (Wildman–Crippen LogP) is 3.91. The van der Waals surface area contributed by atoms with Gasteiger partial charge in [-0.25, -0.2) is 9.80 Å². The molecule has 0 saturated carbocycles. The Morgan fingerprint density at radius 3 is 2.78 bits per heavy atom. The monoisotopic (exact) mass is 435 g/mol. The number of amides is 1. The first-order chi connectivity index (χ1) is 15.7. The van der Waals surface area contributed by atoms with Gasteiger partial charge in [0.15, 0.2) is 11.5 Å². The van der Waals surface area contributed by atoms with Gasteiger partial charge in [0.25, 0.3) is 0 Å². The van der Waals surface area contributed by atoms with Crippen LogP contribution in [0.2, 0.25) is 0 Å². The van der Waals surface area contributed by atoms with Crippen LogP contribution in [0.4, 0.5) is 4.79 Å². The Morgan fingerprint density at radius 1 is 1.12 bits per heavy atom. The van der Waals surface area contributed by atoms with Gasteiger partial charge in [-0.15, -0.1) is 0 Å². The summed E-state index contributed by atoms with van der Waals surface area (Å²) in [5, 5.41) is 7.22. The average Bonchev–Trinajstić information content (AvgIpc) is 3.47. The van der Waals surface area contributed by atoms with Crippen molar-refractivity contribution in [1.29, 1.82) is 0 Å². The number of hydrazone groups is 1. The van der Waals surface area contributed by atoms with Gasteiger partial charge < -0.3 is 23.8 Å². The van der Waals surface area contributed by atoms with E-state index in [-0.39, 0.29) is 18.9 Å². The number of hydrogen-bond donors (Lipinski definition) is 0. The number of rotatable bonds is 2. The van der Waals surface area contributed by atoms with Gasteiger partial charge >= 0.3 is 6.09 Å². The lowest BCUT2D eigenvalue weighted by molar-refractivity contribution is -0.147. The molecule has 2 aromatic carbocycles. The van der Waals surface area contributed by atoms with Crippen molar-refractivity contribution in [3.8, 4) is 17.2 Å². The van der Waals surface area contributed by atoms with E-state index in [1.54, 1.807) is 4.90 Å². The Morgan fingerprint density at radius 2 is 1.94 bits per heavy atom. The van der Waals surface area contributed by atoms with Gasteiger partial charge in [-0.2, -0.15) is 5.10 Å². The zero-order chi connectivity index (χ0) is 21.7. The number of benzene rings is 2. The van der Waals surface area contributed by atoms with Crippen LogP contribution in [-0.4, -0.2) is 53.9 Å². The van der Waals surface area contributed by atoms with Crippen LogP contribution in [0.15, 0.2) is 47.6 Å². The molecule has 1 spiro atoms. The zero-order valence-corrected chi connectivity index (χ0v) is 18.0. The number of para-hydroxylation sites is 1. The fraction of sp³-hybridized carbons (Fsp3) is 0.417. The van der Waals surface area contributed by atoms with Crippen molar-refractivity contribution in [1.82, 2.24) is 9.91 Å². The SMILES string of the molecule is CCOC(=O)N1CCC2(CC1)Oc1ccccc1[C@@H]1CC(c3ccc4c(c3)OCO4)=NN12. The molecule has 32 heavy (non-hydrogen) atoms. The van der Waals surface area contributed by atoms with Crippen LogP contribution in [0.25, 0.3) is 0 Å². The van der Waals surface area contributed by atoms with Gasteiger partial charge in [0.1, 0.15) is 5.75 Å². The maximum Gasteiger partial charge on any atom is 0.409 e. The Labute approximate surface area is 186 Å². The minimum Gasteiger partial charge on any atom is -0.466 e. The van der Waals surface area contributed by atoms with Crippen molar-refractivity contribution < 1.29 is 23.7 Å². The largest absolute Gasteiger partial charge is 0.466 e. The minimum absolute atomic E-state index is 0.0921. The average molecular weight is 435 g/mol. The lowest BCUT2D eigenvalue weighted by atomic mass is 9.91. The summed E-state index contributed by atoms with van der Waals surface area (Å²) in [6.07, 6.45) is 1.84. The number of carbonyl (C=O) groups excluding carboxylic acids is 1. The Hall–Kier alpha value is -3.42. The number of nitrogens with zero attached hydrogens (tertiary/aromatic N) is 3. The smallest absolute Gasteiger partial charge is 0.409 e. The van der Waals surface area contributed by atoms with Gasteiger partial charge in [0.2, 0.25) is 12.5 Å². The summed E-state index contributed by atoms with van der Waals surface area (Å²) in [5.74, 6) is 2.42. The molecule has 0 radical (unpaired) electrons.